The van der Waals surface area contributed by atoms with Crippen LogP contribution in [-0.4, -0.2) is 83.0 Å². The van der Waals surface area contributed by atoms with E-state index in [9.17, 15) is 9.59 Å². The van der Waals surface area contributed by atoms with Gasteiger partial charge in [-0.25, -0.2) is 0 Å². The molecule has 1 amide bonds. The van der Waals surface area contributed by atoms with Crippen LogP contribution in [0.3, 0.4) is 0 Å². The lowest BCUT2D eigenvalue weighted by Gasteiger charge is -2.04. The number of unbranched alkanes of at least 4 members (excludes halogenated alkanes) is 2. The average Bonchev–Trinajstić information content (AvgIpc) is 2.48. The molecule has 0 bridgehead atoms. The molecule has 7 heteroatoms. The molecule has 0 saturated carbocycles. The standard InChI is InChI=1S/C9H15NO2.C3H9N.C2H4O2.CH4O/c1-10(2)9(12)7-5-3-4-6-8-11;1-4(2)3;1-4-2-3;1-2/h5,7-8H,3-4,6H2,1-2H3;1-3H3;2H,1H3;2H,1H3/b7-5+;;;. The number of carbonyl (C=O) groups excluding carboxylic acids is 3. The molecule has 0 radical (unpaired) electrons. The largest absolute Gasteiger partial charge is 0.471 e. The third-order valence-electron chi connectivity index (χ3n) is 1.49. The van der Waals surface area contributed by atoms with E-state index in [1.165, 1.54) is 18.1 Å². The van der Waals surface area contributed by atoms with Crippen molar-refractivity contribution in [3.05, 3.63) is 12.2 Å². The lowest BCUT2D eigenvalue weighted by atomic mass is 10.2. The van der Waals surface area contributed by atoms with Gasteiger partial charge < -0.3 is 24.4 Å². The number of methoxy groups -OCH3 is 1. The highest BCUT2D eigenvalue weighted by Gasteiger charge is 1.94. The summed E-state index contributed by atoms with van der Waals surface area (Å²) < 4.78 is 3.86. The van der Waals surface area contributed by atoms with Crippen molar-refractivity contribution in [3.63, 3.8) is 0 Å². The van der Waals surface area contributed by atoms with Gasteiger partial charge in [0.05, 0.1) is 7.11 Å². The number of carbonyl (C=O) groups is 3. The number of aliphatic hydroxyl groups excluding tert-OH is 1. The Morgan fingerprint density at radius 3 is 1.73 bits per heavy atom. The highest BCUT2D eigenvalue weighted by Crippen LogP contribution is 1.94. The first-order chi connectivity index (χ1) is 10.3. The van der Waals surface area contributed by atoms with Gasteiger partial charge in [-0.3, -0.25) is 9.59 Å². The summed E-state index contributed by atoms with van der Waals surface area (Å²) in [6.07, 6.45) is 6.40. The van der Waals surface area contributed by atoms with Crippen molar-refractivity contribution in [2.45, 2.75) is 19.3 Å². The summed E-state index contributed by atoms with van der Waals surface area (Å²) >= 11 is 0. The number of nitrogens with zero attached hydrogens (tertiary/aromatic N) is 2. The van der Waals surface area contributed by atoms with Gasteiger partial charge in [-0.15, -0.1) is 0 Å². The molecule has 22 heavy (non-hydrogen) atoms. The highest BCUT2D eigenvalue weighted by molar-refractivity contribution is 5.87. The van der Waals surface area contributed by atoms with Crippen LogP contribution in [0.15, 0.2) is 12.2 Å². The number of aliphatic hydroxyl groups is 1. The molecular weight excluding hydrogens is 288 g/mol. The number of amides is 1. The topological polar surface area (TPSA) is 87.2 Å². The first kappa shape index (κ1) is 28.4. The molecule has 0 aliphatic carbocycles. The zero-order valence-corrected chi connectivity index (χ0v) is 14.9. The third kappa shape index (κ3) is 51.7. The van der Waals surface area contributed by atoms with E-state index in [1.807, 2.05) is 26.0 Å². The number of likely N-dealkylation sites (N-methyl/N-ethyl adjacent to an activating group) is 1. The molecule has 0 aromatic carbocycles. The zero-order chi connectivity index (χ0) is 18.4. The van der Waals surface area contributed by atoms with Crippen LogP contribution in [0.4, 0.5) is 0 Å². The molecule has 0 rings (SSSR count). The first-order valence-electron chi connectivity index (χ1n) is 6.66. The number of aldehydes is 1. The van der Waals surface area contributed by atoms with E-state index in [0.717, 1.165) is 26.2 Å². The number of allylic oxidation sites excluding steroid dienone is 1. The van der Waals surface area contributed by atoms with Gasteiger partial charge in [-0.05, 0) is 40.1 Å². The second-order valence-corrected chi connectivity index (χ2v) is 4.41. The van der Waals surface area contributed by atoms with Gasteiger partial charge >= 0.3 is 0 Å². The summed E-state index contributed by atoms with van der Waals surface area (Å²) in [7, 11) is 11.7. The summed E-state index contributed by atoms with van der Waals surface area (Å²) in [4.78, 5) is 33.3. The van der Waals surface area contributed by atoms with E-state index in [-0.39, 0.29) is 5.91 Å². The van der Waals surface area contributed by atoms with Gasteiger partial charge in [0.2, 0.25) is 5.91 Å². The monoisotopic (exact) mass is 320 g/mol. The Hall–Kier alpha value is -1.73. The van der Waals surface area contributed by atoms with Crippen LogP contribution in [-0.2, 0) is 19.1 Å². The molecule has 0 unspecified atom stereocenters. The maximum absolute atomic E-state index is 10.9. The number of ether oxygens (including phenoxy) is 1. The first-order valence-corrected chi connectivity index (χ1v) is 6.66. The van der Waals surface area contributed by atoms with Crippen LogP contribution in [0.5, 0.6) is 0 Å². The van der Waals surface area contributed by atoms with E-state index in [4.69, 9.17) is 9.90 Å². The van der Waals surface area contributed by atoms with Crippen molar-refractivity contribution in [2.24, 2.45) is 0 Å². The lowest BCUT2D eigenvalue weighted by molar-refractivity contribution is -0.126. The van der Waals surface area contributed by atoms with E-state index >= 15 is 0 Å². The lowest BCUT2D eigenvalue weighted by Crippen LogP contribution is -2.18. The van der Waals surface area contributed by atoms with Crippen LogP contribution in [0, 0.1) is 0 Å². The van der Waals surface area contributed by atoms with E-state index in [2.05, 4.69) is 4.74 Å². The summed E-state index contributed by atoms with van der Waals surface area (Å²) in [5.41, 5.74) is 0. The van der Waals surface area contributed by atoms with Crippen LogP contribution in [0.2, 0.25) is 0 Å². The molecule has 0 aliphatic heterocycles. The summed E-state index contributed by atoms with van der Waals surface area (Å²) in [5.74, 6) is -0.0129. The predicted octanol–water partition coefficient (Wildman–Crippen LogP) is 0.576. The fourth-order valence-corrected chi connectivity index (χ4v) is 0.652. The Morgan fingerprint density at radius 2 is 1.45 bits per heavy atom. The van der Waals surface area contributed by atoms with Gasteiger partial charge in [0, 0.05) is 27.6 Å². The van der Waals surface area contributed by atoms with Crippen molar-refractivity contribution in [1.82, 2.24) is 9.80 Å². The maximum Gasteiger partial charge on any atom is 0.292 e. The minimum absolute atomic E-state index is 0.0129. The van der Waals surface area contributed by atoms with Gasteiger partial charge in [-0.2, -0.15) is 0 Å². The Kier molecular flexibility index (Phi) is 35.7. The average molecular weight is 320 g/mol. The molecule has 132 valence electrons. The van der Waals surface area contributed by atoms with Crippen molar-refractivity contribution < 1.29 is 24.2 Å². The van der Waals surface area contributed by atoms with Crippen LogP contribution in [0.1, 0.15) is 19.3 Å². The van der Waals surface area contributed by atoms with Crippen molar-refractivity contribution in [1.29, 1.82) is 0 Å². The second kappa shape index (κ2) is 27.6. The molecule has 0 aliphatic rings. The normalized spacial score (nSPS) is 8.41. The number of hydrogen-bond donors (Lipinski definition) is 1. The van der Waals surface area contributed by atoms with Crippen molar-refractivity contribution in [2.75, 3.05) is 49.5 Å². The smallest absolute Gasteiger partial charge is 0.292 e. The third-order valence-corrected chi connectivity index (χ3v) is 1.49. The molecule has 0 atom stereocenters. The number of hydrogen-bond acceptors (Lipinski definition) is 6. The molecule has 0 aromatic heterocycles. The predicted molar refractivity (Wildman–Crippen MR) is 88.6 cm³/mol. The van der Waals surface area contributed by atoms with Gasteiger partial charge in [0.15, 0.2) is 0 Å². The van der Waals surface area contributed by atoms with Crippen LogP contribution in [0.25, 0.3) is 0 Å². The van der Waals surface area contributed by atoms with E-state index < -0.39 is 0 Å². The molecule has 0 saturated heterocycles. The molecular formula is C15H32N2O5. The molecule has 0 fully saturated rings. The molecule has 0 spiro atoms. The number of rotatable bonds is 6. The Labute approximate surface area is 134 Å². The summed E-state index contributed by atoms with van der Waals surface area (Å²) in [6, 6.07) is 0. The quantitative estimate of drug-likeness (QED) is 0.437. The SMILES string of the molecule is CN(C)C.CN(C)C(=O)/C=C/CCCC=O.CO.COC=O. The van der Waals surface area contributed by atoms with Gasteiger partial charge in [0.25, 0.3) is 6.47 Å². The van der Waals surface area contributed by atoms with E-state index in [0.29, 0.717) is 12.9 Å². The molecule has 1 N–H and O–H groups in total. The minimum Gasteiger partial charge on any atom is -0.471 e. The minimum atomic E-state index is -0.0129. The van der Waals surface area contributed by atoms with Crippen LogP contribution < -0.4 is 0 Å². The van der Waals surface area contributed by atoms with E-state index in [1.54, 1.807) is 20.2 Å². The molecule has 0 aromatic rings. The second-order valence-electron chi connectivity index (χ2n) is 4.41. The zero-order valence-electron chi connectivity index (χ0n) is 14.9. The van der Waals surface area contributed by atoms with Crippen LogP contribution >= 0.6 is 0 Å². The Morgan fingerprint density at radius 1 is 1.05 bits per heavy atom. The van der Waals surface area contributed by atoms with Crippen molar-refractivity contribution in [3.8, 4) is 0 Å². The van der Waals surface area contributed by atoms with Crippen molar-refractivity contribution >= 4 is 18.7 Å². The molecule has 0 heterocycles. The van der Waals surface area contributed by atoms with Gasteiger partial charge in [0.1, 0.15) is 6.29 Å². The Balaban J connectivity index is -0.000000133. The fraction of sp³-hybridized carbons (Fsp3) is 0.667. The summed E-state index contributed by atoms with van der Waals surface area (Å²) in [5, 5.41) is 7.00. The molecule has 7 nitrogen and oxygen atoms in total. The Bertz CT molecular complexity index is 264. The maximum atomic E-state index is 10.9. The van der Waals surface area contributed by atoms with Gasteiger partial charge in [-0.1, -0.05) is 6.08 Å². The summed E-state index contributed by atoms with van der Waals surface area (Å²) in [6.45, 7) is 0.375. The highest BCUT2D eigenvalue weighted by atomic mass is 16.5. The fourth-order valence-electron chi connectivity index (χ4n) is 0.652.